The normalized spacial score (nSPS) is 24.2. The highest BCUT2D eigenvalue weighted by Gasteiger charge is 2.56. The molecular formula is C21H37N5O. The molecule has 1 aromatic rings. The van der Waals surface area contributed by atoms with Gasteiger partial charge in [0.2, 0.25) is 0 Å². The number of hydrogen-bond donors (Lipinski definition) is 2. The van der Waals surface area contributed by atoms with Gasteiger partial charge < -0.3 is 19.9 Å². The van der Waals surface area contributed by atoms with Gasteiger partial charge in [-0.25, -0.2) is 4.98 Å². The third-order valence-electron chi connectivity index (χ3n) is 6.34. The third kappa shape index (κ3) is 4.65. The Morgan fingerprint density at radius 3 is 2.81 bits per heavy atom. The molecule has 0 radical (unpaired) electrons. The van der Waals surface area contributed by atoms with Crippen molar-refractivity contribution >= 4 is 5.96 Å². The van der Waals surface area contributed by atoms with Crippen LogP contribution in [0.15, 0.2) is 17.4 Å². The molecular weight excluding hydrogens is 338 g/mol. The van der Waals surface area contributed by atoms with Crippen molar-refractivity contribution in [3.05, 3.63) is 18.2 Å². The molecule has 0 aliphatic heterocycles. The van der Waals surface area contributed by atoms with Gasteiger partial charge in [-0.05, 0) is 52.9 Å². The number of rotatable bonds is 9. The fourth-order valence-corrected chi connectivity index (χ4v) is 4.80. The van der Waals surface area contributed by atoms with Crippen molar-refractivity contribution in [2.45, 2.75) is 84.4 Å². The third-order valence-corrected chi connectivity index (χ3v) is 6.34. The van der Waals surface area contributed by atoms with Gasteiger partial charge >= 0.3 is 0 Å². The number of ether oxygens (including phenoxy) is 1. The summed E-state index contributed by atoms with van der Waals surface area (Å²) < 4.78 is 8.25. The van der Waals surface area contributed by atoms with Crippen LogP contribution in [0.2, 0.25) is 0 Å². The fourth-order valence-electron chi connectivity index (χ4n) is 4.80. The van der Waals surface area contributed by atoms with Crippen molar-refractivity contribution in [3.8, 4) is 0 Å². The Balaban J connectivity index is 1.48. The van der Waals surface area contributed by atoms with Crippen LogP contribution in [0.4, 0.5) is 0 Å². The SMILES string of the molecule is CCNC(=NCCCCn1ccnc1C)NC1CC(OCC)C12CCCC2. The Morgan fingerprint density at radius 1 is 1.33 bits per heavy atom. The summed E-state index contributed by atoms with van der Waals surface area (Å²) in [6.07, 6.45) is 12.9. The second-order valence-electron chi connectivity index (χ2n) is 7.95. The molecule has 2 aliphatic rings. The monoisotopic (exact) mass is 375 g/mol. The highest BCUT2D eigenvalue weighted by Crippen LogP contribution is 2.54. The number of imidazole rings is 1. The standard InChI is InChI=1S/C21H37N5O/c1-4-22-20(24-12-8-9-14-26-15-13-23-17(26)3)25-18-16-19(27-5-2)21(18)10-6-7-11-21/h13,15,18-19H,4-12,14,16H2,1-3H3,(H2,22,24,25). The van der Waals surface area contributed by atoms with Crippen LogP contribution < -0.4 is 10.6 Å². The Hall–Kier alpha value is -1.56. The summed E-state index contributed by atoms with van der Waals surface area (Å²) in [5.74, 6) is 2.06. The highest BCUT2D eigenvalue weighted by molar-refractivity contribution is 5.80. The predicted molar refractivity (Wildman–Crippen MR) is 110 cm³/mol. The van der Waals surface area contributed by atoms with Gasteiger partial charge in [-0.1, -0.05) is 12.8 Å². The Labute approximate surface area is 164 Å². The lowest BCUT2D eigenvalue weighted by Crippen LogP contribution is -2.65. The van der Waals surface area contributed by atoms with Crippen molar-refractivity contribution < 1.29 is 4.74 Å². The van der Waals surface area contributed by atoms with E-state index in [1.165, 1.54) is 25.7 Å². The van der Waals surface area contributed by atoms with Crippen molar-refractivity contribution in [1.82, 2.24) is 20.2 Å². The van der Waals surface area contributed by atoms with Crippen LogP contribution in [0.25, 0.3) is 0 Å². The zero-order valence-electron chi connectivity index (χ0n) is 17.3. The number of hydrogen-bond acceptors (Lipinski definition) is 3. The van der Waals surface area contributed by atoms with Crippen LogP contribution >= 0.6 is 0 Å². The fraction of sp³-hybridized carbons (Fsp3) is 0.810. The summed E-state index contributed by atoms with van der Waals surface area (Å²) in [6.45, 7) is 9.90. The molecule has 2 aliphatic carbocycles. The molecule has 0 aromatic carbocycles. The molecule has 0 bridgehead atoms. The lowest BCUT2D eigenvalue weighted by Gasteiger charge is -2.54. The van der Waals surface area contributed by atoms with E-state index in [2.05, 4.69) is 47.2 Å². The molecule has 2 unspecified atom stereocenters. The summed E-state index contributed by atoms with van der Waals surface area (Å²) in [4.78, 5) is 9.11. The minimum absolute atomic E-state index is 0.338. The van der Waals surface area contributed by atoms with Crippen molar-refractivity contribution in [2.75, 3.05) is 19.7 Å². The summed E-state index contributed by atoms with van der Waals surface area (Å²) in [5.41, 5.74) is 0.338. The summed E-state index contributed by atoms with van der Waals surface area (Å²) in [5, 5.41) is 7.16. The van der Waals surface area contributed by atoms with Gasteiger partial charge in [0.15, 0.2) is 5.96 Å². The summed E-state index contributed by atoms with van der Waals surface area (Å²) in [7, 11) is 0. The predicted octanol–water partition coefficient (Wildman–Crippen LogP) is 3.26. The number of aromatic nitrogens is 2. The van der Waals surface area contributed by atoms with E-state index in [0.29, 0.717) is 17.6 Å². The molecule has 27 heavy (non-hydrogen) atoms. The highest BCUT2D eigenvalue weighted by atomic mass is 16.5. The van der Waals surface area contributed by atoms with E-state index in [1.54, 1.807) is 0 Å². The second kappa shape index (κ2) is 9.58. The van der Waals surface area contributed by atoms with Gasteiger partial charge in [0.25, 0.3) is 0 Å². The van der Waals surface area contributed by atoms with Gasteiger partial charge in [-0.2, -0.15) is 0 Å². The maximum absolute atomic E-state index is 6.04. The number of guanidine groups is 1. The van der Waals surface area contributed by atoms with Crippen LogP contribution in [0.3, 0.4) is 0 Å². The topological polar surface area (TPSA) is 63.5 Å². The molecule has 1 spiro atoms. The first-order valence-electron chi connectivity index (χ1n) is 10.8. The molecule has 0 amide bonds. The number of nitrogens with zero attached hydrogens (tertiary/aromatic N) is 3. The average molecular weight is 376 g/mol. The van der Waals surface area contributed by atoms with Crippen molar-refractivity contribution in [2.24, 2.45) is 10.4 Å². The first-order chi connectivity index (χ1) is 13.2. The molecule has 2 atom stereocenters. The van der Waals surface area contributed by atoms with Crippen LogP contribution in [-0.2, 0) is 11.3 Å². The van der Waals surface area contributed by atoms with Crippen molar-refractivity contribution in [1.29, 1.82) is 0 Å². The van der Waals surface area contributed by atoms with E-state index in [-0.39, 0.29) is 0 Å². The molecule has 2 fully saturated rings. The second-order valence-corrected chi connectivity index (χ2v) is 7.95. The number of aliphatic imine (C=N–C) groups is 1. The Kier molecular flexibility index (Phi) is 7.16. The lowest BCUT2D eigenvalue weighted by atomic mass is 9.60. The van der Waals surface area contributed by atoms with E-state index >= 15 is 0 Å². The van der Waals surface area contributed by atoms with Gasteiger partial charge in [0.05, 0.1) is 6.10 Å². The summed E-state index contributed by atoms with van der Waals surface area (Å²) in [6, 6.07) is 0.503. The zero-order chi connectivity index (χ0) is 19.1. The molecule has 3 rings (SSSR count). The molecule has 152 valence electrons. The van der Waals surface area contributed by atoms with Crippen LogP contribution in [0.1, 0.15) is 64.6 Å². The maximum atomic E-state index is 6.04. The van der Waals surface area contributed by atoms with E-state index in [0.717, 1.165) is 57.3 Å². The van der Waals surface area contributed by atoms with Crippen molar-refractivity contribution in [3.63, 3.8) is 0 Å². The van der Waals surface area contributed by atoms with E-state index in [9.17, 15) is 0 Å². The first-order valence-corrected chi connectivity index (χ1v) is 10.8. The molecule has 2 N–H and O–H groups in total. The van der Waals surface area contributed by atoms with Crippen LogP contribution in [-0.4, -0.2) is 47.4 Å². The molecule has 2 saturated carbocycles. The van der Waals surface area contributed by atoms with E-state index < -0.39 is 0 Å². The number of nitrogens with one attached hydrogen (secondary N) is 2. The lowest BCUT2D eigenvalue weighted by molar-refractivity contribution is -0.125. The van der Waals surface area contributed by atoms with E-state index in [4.69, 9.17) is 9.73 Å². The molecule has 6 heteroatoms. The average Bonchev–Trinajstić information content (AvgIpc) is 3.31. The minimum atomic E-state index is 0.338. The quantitative estimate of drug-likeness (QED) is 0.395. The minimum Gasteiger partial charge on any atom is -0.378 e. The zero-order valence-corrected chi connectivity index (χ0v) is 17.3. The number of unbranched alkanes of at least 4 members (excludes halogenated alkanes) is 1. The smallest absolute Gasteiger partial charge is 0.191 e. The molecule has 1 heterocycles. The van der Waals surface area contributed by atoms with Crippen LogP contribution in [0, 0.1) is 12.3 Å². The van der Waals surface area contributed by atoms with E-state index in [1.807, 2.05) is 6.20 Å². The van der Waals surface area contributed by atoms with Crippen LogP contribution in [0.5, 0.6) is 0 Å². The largest absolute Gasteiger partial charge is 0.378 e. The van der Waals surface area contributed by atoms with Gasteiger partial charge in [-0.15, -0.1) is 0 Å². The number of aryl methyl sites for hydroxylation is 2. The Bertz CT molecular complexity index is 605. The Morgan fingerprint density at radius 2 is 2.15 bits per heavy atom. The van der Waals surface area contributed by atoms with Gasteiger partial charge in [0.1, 0.15) is 5.82 Å². The summed E-state index contributed by atoms with van der Waals surface area (Å²) >= 11 is 0. The molecule has 1 aromatic heterocycles. The maximum Gasteiger partial charge on any atom is 0.191 e. The molecule has 0 saturated heterocycles. The van der Waals surface area contributed by atoms with Gasteiger partial charge in [0, 0.05) is 50.1 Å². The first kappa shape index (κ1) is 20.2. The van der Waals surface area contributed by atoms with Gasteiger partial charge in [-0.3, -0.25) is 4.99 Å². The molecule has 6 nitrogen and oxygen atoms in total.